The lowest BCUT2D eigenvalue weighted by Crippen LogP contribution is -2.52. The molecule has 0 bridgehead atoms. The van der Waals surface area contributed by atoms with Crippen LogP contribution >= 0.6 is 0 Å². The van der Waals surface area contributed by atoms with Gasteiger partial charge in [-0.2, -0.15) is 0 Å². The minimum Gasteiger partial charge on any atom is -0.507 e. The van der Waals surface area contributed by atoms with E-state index < -0.39 is 70.4 Å². The lowest BCUT2D eigenvalue weighted by atomic mass is 9.72. The van der Waals surface area contributed by atoms with Gasteiger partial charge >= 0.3 is 0 Å². The highest BCUT2D eigenvalue weighted by atomic mass is 16.7. The molecule has 1 aliphatic heterocycles. The molecule has 0 amide bonds. The van der Waals surface area contributed by atoms with Crippen LogP contribution in [0.3, 0.4) is 0 Å². The molecule has 208 valence electrons. The number of nitrogens with two attached hydrogens (primary N) is 1. The van der Waals surface area contributed by atoms with Gasteiger partial charge in [0.25, 0.3) is 0 Å². The summed E-state index contributed by atoms with van der Waals surface area (Å²) in [4.78, 5) is 27.2. The predicted molar refractivity (Wildman–Crippen MR) is 135 cm³/mol. The lowest BCUT2D eigenvalue weighted by Gasteiger charge is -2.42. The number of hydrogen-bond donors (Lipinski definition) is 6. The lowest BCUT2D eigenvalue weighted by molar-refractivity contribution is -0.245. The largest absolute Gasteiger partial charge is 0.507 e. The molecular formula is C27H30N2O10. The van der Waals surface area contributed by atoms with Crippen molar-refractivity contribution in [2.75, 3.05) is 7.11 Å². The van der Waals surface area contributed by atoms with Crippen LogP contribution < -0.4 is 10.5 Å². The molecule has 7 N–H and O–H groups in total. The van der Waals surface area contributed by atoms with Crippen molar-refractivity contribution in [3.8, 4) is 17.2 Å². The summed E-state index contributed by atoms with van der Waals surface area (Å²) in [5, 5.41) is 57.1. The molecule has 3 aliphatic rings. The Balaban J connectivity index is 1.69. The van der Waals surface area contributed by atoms with Gasteiger partial charge in [0, 0.05) is 42.0 Å². The van der Waals surface area contributed by atoms with Gasteiger partial charge in [-0.3, -0.25) is 9.59 Å². The molecule has 0 saturated carbocycles. The van der Waals surface area contributed by atoms with Crippen LogP contribution in [0.2, 0.25) is 0 Å². The van der Waals surface area contributed by atoms with Gasteiger partial charge in [-0.25, -0.2) is 0 Å². The number of rotatable bonds is 4. The Labute approximate surface area is 223 Å². The first kappa shape index (κ1) is 27.0. The Morgan fingerprint density at radius 1 is 1.15 bits per heavy atom. The average molecular weight is 543 g/mol. The van der Waals surface area contributed by atoms with E-state index in [1.54, 1.807) is 6.92 Å². The van der Waals surface area contributed by atoms with Crippen molar-refractivity contribution in [3.63, 3.8) is 0 Å². The summed E-state index contributed by atoms with van der Waals surface area (Å²) < 4.78 is 17.2. The molecule has 0 spiro atoms. The van der Waals surface area contributed by atoms with Crippen LogP contribution in [0.5, 0.6) is 17.2 Å². The smallest absolute Gasteiger partial charge is 0.202 e. The maximum Gasteiger partial charge on any atom is 0.202 e. The Bertz CT molecular complexity index is 1390. The van der Waals surface area contributed by atoms with Crippen molar-refractivity contribution < 1.29 is 49.4 Å². The number of hydrogen-bond acceptors (Lipinski definition) is 12. The summed E-state index contributed by atoms with van der Waals surface area (Å²) in [5.74, 6) is -2.51. The number of phenolic OH excluding ortho intramolecular Hbond substituents is 2. The number of nitrogens with zero attached hydrogens (tertiary/aromatic N) is 1. The van der Waals surface area contributed by atoms with E-state index in [-0.39, 0.29) is 53.0 Å². The summed E-state index contributed by atoms with van der Waals surface area (Å²) in [6, 6.07) is 3.77. The number of carbonyl (C=O) groups excluding carboxylic acids is 2. The number of oxime groups is 1. The van der Waals surface area contributed by atoms with Crippen LogP contribution in [0, 0.1) is 0 Å². The van der Waals surface area contributed by atoms with Crippen molar-refractivity contribution in [2.45, 2.75) is 69.4 Å². The third-order valence-electron chi connectivity index (χ3n) is 7.97. The number of methoxy groups -OCH3 is 1. The van der Waals surface area contributed by atoms with Crippen molar-refractivity contribution in [1.29, 1.82) is 0 Å². The minimum atomic E-state index is -1.85. The second kappa shape index (κ2) is 9.57. The van der Waals surface area contributed by atoms with E-state index >= 15 is 0 Å². The van der Waals surface area contributed by atoms with E-state index in [0.29, 0.717) is 0 Å². The van der Waals surface area contributed by atoms with Crippen molar-refractivity contribution in [1.82, 2.24) is 0 Å². The van der Waals surface area contributed by atoms with E-state index in [1.165, 1.54) is 32.2 Å². The summed E-state index contributed by atoms with van der Waals surface area (Å²) in [5.41, 5.74) is 3.14. The average Bonchev–Trinajstić information content (AvgIpc) is 2.90. The summed E-state index contributed by atoms with van der Waals surface area (Å²) in [7, 11) is 1.34. The first-order chi connectivity index (χ1) is 18.4. The first-order valence-electron chi connectivity index (χ1n) is 12.5. The molecule has 1 heterocycles. The molecule has 2 aromatic carbocycles. The number of fused-ring (bicyclic) bond motifs is 3. The molecule has 39 heavy (non-hydrogen) atoms. The molecular weight excluding hydrogens is 512 g/mol. The number of phenols is 2. The molecule has 12 heteroatoms. The van der Waals surface area contributed by atoms with Gasteiger partial charge < -0.3 is 45.6 Å². The van der Waals surface area contributed by atoms with E-state index in [9.17, 15) is 35.2 Å². The van der Waals surface area contributed by atoms with Crippen LogP contribution in [0.1, 0.15) is 75.8 Å². The number of benzene rings is 2. The number of carbonyl (C=O) groups is 2. The zero-order valence-electron chi connectivity index (χ0n) is 21.5. The highest BCUT2D eigenvalue weighted by molar-refractivity contribution is 6.31. The van der Waals surface area contributed by atoms with Crippen LogP contribution in [0.15, 0.2) is 23.4 Å². The summed E-state index contributed by atoms with van der Waals surface area (Å²) in [6.07, 6.45) is -4.34. The number of aromatic hydroxyl groups is 2. The zero-order valence-corrected chi connectivity index (χ0v) is 21.5. The predicted octanol–water partition coefficient (Wildman–Crippen LogP) is 1.29. The molecule has 5 rings (SSSR count). The van der Waals surface area contributed by atoms with Crippen LogP contribution in [0.4, 0.5) is 0 Å². The number of ketones is 2. The molecule has 1 saturated heterocycles. The molecule has 2 aliphatic carbocycles. The fourth-order valence-electron chi connectivity index (χ4n) is 5.76. The van der Waals surface area contributed by atoms with Crippen molar-refractivity contribution >= 4 is 17.3 Å². The molecule has 12 nitrogen and oxygen atoms in total. The van der Waals surface area contributed by atoms with Crippen molar-refractivity contribution in [2.24, 2.45) is 10.9 Å². The molecule has 4 unspecified atom stereocenters. The fourth-order valence-corrected chi connectivity index (χ4v) is 5.76. The zero-order chi connectivity index (χ0) is 28.4. The van der Waals surface area contributed by atoms with Gasteiger partial charge in [-0.05, 0) is 19.9 Å². The number of ether oxygens (including phenoxy) is 3. The number of aliphatic hydroxyl groups is 2. The molecule has 2 aromatic rings. The Morgan fingerprint density at radius 2 is 1.85 bits per heavy atom. The van der Waals surface area contributed by atoms with Crippen LogP contribution in [0.25, 0.3) is 0 Å². The summed E-state index contributed by atoms with van der Waals surface area (Å²) >= 11 is 0. The Hall–Kier alpha value is -3.55. The van der Waals surface area contributed by atoms with E-state index in [2.05, 4.69) is 5.16 Å². The van der Waals surface area contributed by atoms with Gasteiger partial charge in [0.1, 0.15) is 22.8 Å². The Kier molecular flexibility index (Phi) is 6.64. The molecule has 6 atom stereocenters. The van der Waals surface area contributed by atoms with Crippen LogP contribution in [-0.4, -0.2) is 80.2 Å². The topological polar surface area (TPSA) is 201 Å². The van der Waals surface area contributed by atoms with Crippen LogP contribution in [-0.2, 0) is 15.9 Å². The quantitative estimate of drug-likeness (QED) is 0.120. The molecule has 1 fully saturated rings. The van der Waals surface area contributed by atoms with Gasteiger partial charge in [0.15, 0.2) is 12.1 Å². The monoisotopic (exact) mass is 542 g/mol. The van der Waals surface area contributed by atoms with Crippen molar-refractivity contribution in [3.05, 3.63) is 51.6 Å². The van der Waals surface area contributed by atoms with Gasteiger partial charge in [-0.15, -0.1) is 0 Å². The third-order valence-corrected chi connectivity index (χ3v) is 7.97. The standard InChI is InChI=1S/C27H30N2O10/c1-10-22(30)14(28)7-17(38-10)39-16-9-27(35,11(2)29-36)8-13-19(16)26(34)21-20(24(13)32)23(31)12-5-4-6-15(37-3)18(12)25(21)33/h4-6,10,14,16-17,22,30,32,34-36H,7-9,28H2,1-3H3/t10?,14?,16-,17?,22?,27-/m0/s1. The molecule has 0 aromatic heterocycles. The fraction of sp³-hybridized carbons (Fsp3) is 0.444. The van der Waals surface area contributed by atoms with Gasteiger partial charge in [0.2, 0.25) is 5.78 Å². The van der Waals surface area contributed by atoms with E-state index in [4.69, 9.17) is 19.9 Å². The highest BCUT2D eigenvalue weighted by Gasteiger charge is 2.49. The van der Waals surface area contributed by atoms with E-state index in [0.717, 1.165) is 0 Å². The first-order valence-corrected chi connectivity index (χ1v) is 12.5. The second-order valence-corrected chi connectivity index (χ2v) is 10.3. The van der Waals surface area contributed by atoms with Gasteiger partial charge in [0.05, 0.1) is 47.8 Å². The SMILES string of the molecule is COc1cccc2c1C(=O)c1c(O)c3c(c(O)c1C2=O)C[C@@](O)(C(C)=NO)C[C@@H]3OC1CC(N)C(O)C(C)O1. The maximum atomic E-state index is 13.7. The molecule has 0 radical (unpaired) electrons. The van der Waals surface area contributed by atoms with Gasteiger partial charge in [-0.1, -0.05) is 17.3 Å². The third kappa shape index (κ3) is 4.07. The second-order valence-electron chi connectivity index (χ2n) is 10.3. The Morgan fingerprint density at radius 3 is 2.49 bits per heavy atom. The normalized spacial score (nSPS) is 30.4. The highest BCUT2D eigenvalue weighted by Crippen LogP contribution is 2.52. The number of aliphatic hydroxyl groups excluding tert-OH is 1. The minimum absolute atomic E-state index is 0.00869. The maximum absolute atomic E-state index is 13.7. The summed E-state index contributed by atoms with van der Waals surface area (Å²) in [6.45, 7) is 2.99. The van der Waals surface area contributed by atoms with E-state index in [1.807, 2.05) is 0 Å².